The van der Waals surface area contributed by atoms with Crippen molar-refractivity contribution in [2.45, 2.75) is 56.9 Å². The van der Waals surface area contributed by atoms with Crippen LogP contribution in [0.25, 0.3) is 11.5 Å². The molecule has 7 heteroatoms. The lowest BCUT2D eigenvalue weighted by Gasteiger charge is -2.18. The number of nitrogens with zero attached hydrogens (tertiary/aromatic N) is 2. The fraction of sp³-hybridized carbons (Fsp3) is 0.360. The molecular weight excluding hydrogens is 422 g/mol. The molecule has 0 saturated carbocycles. The minimum atomic E-state index is -0.364. The number of thioether (sulfide) groups is 1. The third-order valence-electron chi connectivity index (χ3n) is 5.08. The molecule has 1 amide bonds. The van der Waals surface area contributed by atoms with E-state index in [0.717, 1.165) is 17.5 Å². The molecule has 0 aliphatic rings. The largest absolute Gasteiger partial charge is 0.411 e. The summed E-state index contributed by atoms with van der Waals surface area (Å²) in [5.74, 6) is 0.391. The molecule has 6 nitrogen and oxygen atoms in total. The van der Waals surface area contributed by atoms with Gasteiger partial charge in [0.05, 0.1) is 5.25 Å². The van der Waals surface area contributed by atoms with Crippen LogP contribution in [0, 0.1) is 0 Å². The first-order valence-electron chi connectivity index (χ1n) is 10.6. The SMILES string of the molecule is CC(=O)NCCc1ccc(C(=O)C(C)Sc2nnc(-c3ccc(C(C)(C)C)cc3)o2)cc1. The third kappa shape index (κ3) is 6.29. The van der Waals surface area contributed by atoms with Gasteiger partial charge in [-0.25, -0.2) is 0 Å². The van der Waals surface area contributed by atoms with Crippen molar-refractivity contribution in [1.29, 1.82) is 0 Å². The van der Waals surface area contributed by atoms with Crippen LogP contribution in [0.2, 0.25) is 0 Å². The van der Waals surface area contributed by atoms with E-state index in [2.05, 4.69) is 48.4 Å². The van der Waals surface area contributed by atoms with Crippen molar-refractivity contribution in [3.63, 3.8) is 0 Å². The number of rotatable bonds is 8. The molecule has 0 aliphatic heterocycles. The Balaban J connectivity index is 1.60. The molecule has 0 bridgehead atoms. The van der Waals surface area contributed by atoms with Crippen molar-refractivity contribution in [3.8, 4) is 11.5 Å². The van der Waals surface area contributed by atoms with Crippen LogP contribution in [0.1, 0.15) is 56.1 Å². The van der Waals surface area contributed by atoms with Gasteiger partial charge in [-0.05, 0) is 42.0 Å². The van der Waals surface area contributed by atoms with E-state index in [-0.39, 0.29) is 22.4 Å². The summed E-state index contributed by atoms with van der Waals surface area (Å²) < 4.78 is 5.79. The summed E-state index contributed by atoms with van der Waals surface area (Å²) in [5, 5.41) is 11.0. The van der Waals surface area contributed by atoms with Crippen LogP contribution >= 0.6 is 11.8 Å². The highest BCUT2D eigenvalue weighted by Gasteiger charge is 2.20. The van der Waals surface area contributed by atoms with Crippen molar-refractivity contribution in [2.75, 3.05) is 6.54 Å². The van der Waals surface area contributed by atoms with Gasteiger partial charge in [0.1, 0.15) is 0 Å². The van der Waals surface area contributed by atoms with Gasteiger partial charge in [0.25, 0.3) is 5.22 Å². The summed E-state index contributed by atoms with van der Waals surface area (Å²) >= 11 is 1.25. The van der Waals surface area contributed by atoms with Crippen LogP contribution in [0.5, 0.6) is 0 Å². The van der Waals surface area contributed by atoms with Crippen molar-refractivity contribution in [2.24, 2.45) is 0 Å². The molecule has 1 N–H and O–H groups in total. The fourth-order valence-corrected chi connectivity index (χ4v) is 3.91. The van der Waals surface area contributed by atoms with Crippen LogP contribution in [0.4, 0.5) is 0 Å². The normalized spacial score (nSPS) is 12.4. The number of Topliss-reactive ketones (excluding diaryl/α,β-unsaturated/α-hetero) is 1. The molecule has 32 heavy (non-hydrogen) atoms. The highest BCUT2D eigenvalue weighted by Crippen LogP contribution is 2.29. The van der Waals surface area contributed by atoms with Gasteiger partial charge in [-0.1, -0.05) is 68.9 Å². The lowest BCUT2D eigenvalue weighted by atomic mass is 9.87. The van der Waals surface area contributed by atoms with Gasteiger partial charge in [0.15, 0.2) is 5.78 Å². The summed E-state index contributed by atoms with van der Waals surface area (Å²) in [7, 11) is 0. The number of aromatic nitrogens is 2. The van der Waals surface area contributed by atoms with Gasteiger partial charge >= 0.3 is 0 Å². The number of carbonyl (C=O) groups is 2. The van der Waals surface area contributed by atoms with E-state index in [1.54, 1.807) is 0 Å². The second-order valence-electron chi connectivity index (χ2n) is 8.75. The molecule has 168 valence electrons. The number of nitrogens with one attached hydrogen (secondary N) is 1. The first kappa shape index (κ1) is 23.7. The van der Waals surface area contributed by atoms with E-state index in [1.807, 2.05) is 43.3 Å². The topological polar surface area (TPSA) is 85.1 Å². The number of amides is 1. The maximum absolute atomic E-state index is 12.8. The van der Waals surface area contributed by atoms with Gasteiger partial charge in [-0.3, -0.25) is 9.59 Å². The van der Waals surface area contributed by atoms with Crippen molar-refractivity contribution >= 4 is 23.5 Å². The average molecular weight is 452 g/mol. The summed E-state index contributed by atoms with van der Waals surface area (Å²) in [4.78, 5) is 23.8. The van der Waals surface area contributed by atoms with Crippen LogP contribution in [-0.2, 0) is 16.6 Å². The molecule has 0 fully saturated rings. The summed E-state index contributed by atoms with van der Waals surface area (Å²) in [6, 6.07) is 15.6. The number of ketones is 1. The molecule has 3 aromatic rings. The Hall–Kier alpha value is -2.93. The van der Waals surface area contributed by atoms with E-state index < -0.39 is 0 Å². The Morgan fingerprint density at radius 3 is 2.28 bits per heavy atom. The number of hydrogen-bond donors (Lipinski definition) is 1. The highest BCUT2D eigenvalue weighted by atomic mass is 32.2. The maximum atomic E-state index is 12.8. The predicted molar refractivity (Wildman–Crippen MR) is 127 cm³/mol. The second kappa shape index (κ2) is 10.1. The van der Waals surface area contributed by atoms with Crippen molar-refractivity contribution < 1.29 is 14.0 Å². The fourth-order valence-electron chi connectivity index (χ4n) is 3.14. The molecule has 0 radical (unpaired) electrons. The zero-order chi connectivity index (χ0) is 23.3. The monoisotopic (exact) mass is 451 g/mol. The first-order chi connectivity index (χ1) is 15.1. The number of benzene rings is 2. The van der Waals surface area contributed by atoms with E-state index in [4.69, 9.17) is 4.42 Å². The average Bonchev–Trinajstić information content (AvgIpc) is 3.21. The molecule has 3 rings (SSSR count). The first-order valence-corrected chi connectivity index (χ1v) is 11.5. The van der Waals surface area contributed by atoms with Gasteiger partial charge in [-0.15, -0.1) is 10.2 Å². The smallest absolute Gasteiger partial charge is 0.277 e. The predicted octanol–water partition coefficient (Wildman–Crippen LogP) is 5.08. The second-order valence-corrected chi connectivity index (χ2v) is 10.0. The zero-order valence-corrected chi connectivity index (χ0v) is 20.0. The quantitative estimate of drug-likeness (QED) is 0.380. The molecule has 1 atom stereocenters. The Kier molecular flexibility index (Phi) is 7.51. The van der Waals surface area contributed by atoms with Gasteiger partial charge in [-0.2, -0.15) is 0 Å². The minimum Gasteiger partial charge on any atom is -0.411 e. The van der Waals surface area contributed by atoms with E-state index in [1.165, 1.54) is 24.2 Å². The Bertz CT molecular complexity index is 1070. The van der Waals surface area contributed by atoms with Crippen molar-refractivity contribution in [3.05, 3.63) is 65.2 Å². The highest BCUT2D eigenvalue weighted by molar-refractivity contribution is 8.00. The van der Waals surface area contributed by atoms with Crippen LogP contribution < -0.4 is 5.32 Å². The molecule has 1 unspecified atom stereocenters. The van der Waals surface area contributed by atoms with Crippen LogP contribution in [0.15, 0.2) is 58.2 Å². The van der Waals surface area contributed by atoms with Gasteiger partial charge in [0.2, 0.25) is 11.8 Å². The molecule has 1 aromatic heterocycles. The van der Waals surface area contributed by atoms with Crippen molar-refractivity contribution in [1.82, 2.24) is 15.5 Å². The molecule has 0 saturated heterocycles. The molecular formula is C25H29N3O3S. The maximum Gasteiger partial charge on any atom is 0.277 e. The lowest BCUT2D eigenvalue weighted by Crippen LogP contribution is -2.22. The summed E-state index contributed by atoms with van der Waals surface area (Å²) in [5.41, 5.74) is 3.86. The van der Waals surface area contributed by atoms with E-state index in [9.17, 15) is 9.59 Å². The number of carbonyl (C=O) groups excluding carboxylic acids is 2. The molecule has 1 heterocycles. The Labute approximate surface area is 193 Å². The number of hydrogen-bond acceptors (Lipinski definition) is 6. The third-order valence-corrected chi connectivity index (χ3v) is 6.01. The lowest BCUT2D eigenvalue weighted by molar-refractivity contribution is -0.118. The van der Waals surface area contributed by atoms with E-state index >= 15 is 0 Å². The summed E-state index contributed by atoms with van der Waals surface area (Å²) in [6.45, 7) is 10.4. The van der Waals surface area contributed by atoms with E-state index in [0.29, 0.717) is 23.2 Å². The molecule has 2 aromatic carbocycles. The van der Waals surface area contributed by atoms with Crippen LogP contribution in [0.3, 0.4) is 0 Å². The van der Waals surface area contributed by atoms with Crippen LogP contribution in [-0.4, -0.2) is 33.7 Å². The minimum absolute atomic E-state index is 0.00214. The standard InChI is InChI=1S/C25H29N3O3S/c1-16(22(30)19-8-6-18(7-9-19)14-15-26-17(2)29)32-24-28-27-23(31-24)20-10-12-21(13-11-20)25(3,4)5/h6-13,16H,14-15H2,1-5H3,(H,26,29). The molecule has 0 aliphatic carbocycles. The van der Waals surface area contributed by atoms with Gasteiger partial charge < -0.3 is 9.73 Å². The molecule has 0 spiro atoms. The zero-order valence-electron chi connectivity index (χ0n) is 19.1. The summed E-state index contributed by atoms with van der Waals surface area (Å²) in [6.07, 6.45) is 0.722. The van der Waals surface area contributed by atoms with Gasteiger partial charge in [0, 0.05) is 24.6 Å². The Morgan fingerprint density at radius 1 is 1.03 bits per heavy atom. The Morgan fingerprint density at radius 2 is 1.69 bits per heavy atom.